The van der Waals surface area contributed by atoms with Crippen molar-refractivity contribution in [2.45, 2.75) is 272 Å². The fraction of sp³-hybridized carbons (Fsp3) is 0.765. The number of terminal acetylenes is 1. The summed E-state index contributed by atoms with van der Waals surface area (Å²) in [5.74, 6) is -9.92. The van der Waals surface area contributed by atoms with Crippen molar-refractivity contribution in [2.75, 3.05) is 125 Å². The summed E-state index contributed by atoms with van der Waals surface area (Å²) in [4.78, 5) is 216. The molecule has 8 amide bonds. The van der Waals surface area contributed by atoms with Crippen LogP contribution in [-0.4, -0.2) is 341 Å². The molecule has 0 bridgehead atoms. The van der Waals surface area contributed by atoms with Gasteiger partial charge in [0.05, 0.1) is 85.9 Å². The first-order valence-electron chi connectivity index (χ1n) is 42.0. The Labute approximate surface area is 745 Å². The molecule has 3 rings (SSSR count). The van der Waals surface area contributed by atoms with E-state index < -0.39 is 221 Å². The van der Waals surface area contributed by atoms with Gasteiger partial charge in [0.25, 0.3) is 8.53 Å². The number of nitrogens with one attached hydrogen (secondary N) is 8. The van der Waals surface area contributed by atoms with E-state index in [0.717, 1.165) is 55.4 Å². The molecule has 0 aromatic heterocycles. The standard InChI is InChI=1S/C81H130N9O37P/c1-18-19-29-118-128(90(46(2)3)47(4)5)119-41-37-108-30-25-68(105)88-61(77(106)83-27-32-110-36-40-114-81-71(87-51(9)94)76(124-59(17)102)74(122-57(15)100)65(127-81)45-117-54(12)97)21-20-22-67(104)89-62(78(107)84-28-33-111-35-38-112-79-69(85-49(7)92)72(120-55(13)98)60(42-48(6)91)63(125-79)43-115-52(10)95)23-24-66(103)82-26-31-109-34-39-113-80-70(86-50(8)93)75(123-58(16)101)73(121-56(14)99)64(126-80)44-116-53(11)96/h1,46-47,60-65,69-76,79-81H,19-45H2,2-17H3,(H,82,103)(H,83,106)(H,84,107)(H,85,92)(H,86,93)(H,87,94)(H,88,105)(H,89,104). The summed E-state index contributed by atoms with van der Waals surface area (Å²) in [6.45, 7) is 18.7. The highest BCUT2D eigenvalue weighted by Crippen LogP contribution is 2.46. The van der Waals surface area contributed by atoms with Crippen LogP contribution in [-0.2, 0) is 176 Å². The topological polar surface area (TPSA) is 574 Å². The average molecular weight is 1850 g/mol. The van der Waals surface area contributed by atoms with Gasteiger partial charge < -0.3 is 142 Å². The number of hydrogen-bond acceptors (Lipinski definition) is 38. The minimum atomic E-state index is -1.54. The van der Waals surface area contributed by atoms with Crippen molar-refractivity contribution < 1.29 is 176 Å². The lowest BCUT2D eigenvalue weighted by atomic mass is 9.84. The largest absolute Gasteiger partial charge is 0.463 e. The van der Waals surface area contributed by atoms with Crippen LogP contribution in [0.25, 0.3) is 0 Å². The van der Waals surface area contributed by atoms with E-state index in [1.165, 1.54) is 27.7 Å². The van der Waals surface area contributed by atoms with E-state index in [0.29, 0.717) is 6.42 Å². The van der Waals surface area contributed by atoms with E-state index in [9.17, 15) is 81.5 Å². The van der Waals surface area contributed by atoms with Crippen molar-refractivity contribution in [1.29, 1.82) is 0 Å². The van der Waals surface area contributed by atoms with Gasteiger partial charge in [-0.05, 0) is 53.9 Å². The molecule has 128 heavy (non-hydrogen) atoms. The lowest BCUT2D eigenvalue weighted by molar-refractivity contribution is -0.279. The monoisotopic (exact) mass is 1850 g/mol. The van der Waals surface area contributed by atoms with Crippen LogP contribution in [0.4, 0.5) is 0 Å². The second-order valence-corrected chi connectivity index (χ2v) is 31.5. The average Bonchev–Trinajstić information content (AvgIpc) is 0.795. The Hall–Kier alpha value is -9.34. The van der Waals surface area contributed by atoms with Gasteiger partial charge in [0.1, 0.15) is 80.2 Å². The van der Waals surface area contributed by atoms with Gasteiger partial charge >= 0.3 is 47.8 Å². The third kappa shape index (κ3) is 45.8. The number of ether oxygens (including phenoxy) is 18. The summed E-state index contributed by atoms with van der Waals surface area (Å²) in [5.41, 5.74) is 0. The van der Waals surface area contributed by atoms with Crippen molar-refractivity contribution in [3.05, 3.63) is 0 Å². The zero-order valence-corrected chi connectivity index (χ0v) is 76.5. The van der Waals surface area contributed by atoms with Crippen molar-refractivity contribution in [3.8, 4) is 12.3 Å². The number of Topliss-reactive ketones (excluding diaryl/α,β-unsaturated/α-hetero) is 1. The van der Waals surface area contributed by atoms with E-state index in [4.69, 9.17) is 101 Å². The number of ketones is 1. The van der Waals surface area contributed by atoms with E-state index in [1.807, 2.05) is 27.7 Å². The summed E-state index contributed by atoms with van der Waals surface area (Å²) in [5, 5.41) is 21.2. The molecule has 3 aliphatic heterocycles. The molecule has 3 aliphatic rings. The third-order valence-electron chi connectivity index (χ3n) is 18.3. The maximum atomic E-state index is 14.1. The van der Waals surface area contributed by atoms with Gasteiger partial charge in [-0.1, -0.05) is 0 Å². The SMILES string of the molecule is C#CCCOP(OCCOCCC(=O)NC(CCCC(=O)NC(CCC(=O)NCCOCCOC1OC(COC(C)=O)C(OC(C)=O)C(OC(C)=O)C1NC(C)=O)C(=O)NCCOCCOC1OC(COC(C)=O)C(CC(C)=O)C(OC(C)=O)C1NC(C)=O)C(=O)NCCOCCOC1OC(COC(C)=O)C(OC(C)=O)C(OC(C)=O)C1NC(C)=O)N(C(C)C)C(C)C. The van der Waals surface area contributed by atoms with Gasteiger partial charge in [-0.2, -0.15) is 0 Å². The molecule has 726 valence electrons. The zero-order valence-electron chi connectivity index (χ0n) is 75.6. The normalized spacial score (nSPS) is 22.6. The summed E-state index contributed by atoms with van der Waals surface area (Å²) in [6, 6.07) is -6.23. The number of carbonyl (C=O) groups is 17. The van der Waals surface area contributed by atoms with Crippen LogP contribution in [0, 0.1) is 18.3 Å². The molecule has 0 aliphatic carbocycles. The van der Waals surface area contributed by atoms with Crippen LogP contribution in [0.1, 0.15) is 162 Å². The van der Waals surface area contributed by atoms with Gasteiger partial charge in [-0.25, -0.2) is 4.67 Å². The molecule has 0 saturated carbocycles. The predicted molar refractivity (Wildman–Crippen MR) is 441 cm³/mol. The molecule has 18 unspecified atom stereocenters. The first kappa shape index (κ1) is 113. The molecule has 0 aromatic rings. The molecule has 18 atom stereocenters. The van der Waals surface area contributed by atoms with Crippen LogP contribution in [0.2, 0.25) is 0 Å². The lowest BCUT2D eigenvalue weighted by Crippen LogP contribution is -2.66. The van der Waals surface area contributed by atoms with Crippen LogP contribution in [0.15, 0.2) is 0 Å². The van der Waals surface area contributed by atoms with E-state index in [2.05, 4.69) is 53.1 Å². The first-order valence-corrected chi connectivity index (χ1v) is 43.1. The van der Waals surface area contributed by atoms with E-state index in [1.54, 1.807) is 0 Å². The van der Waals surface area contributed by atoms with Gasteiger partial charge in [0.2, 0.25) is 47.3 Å². The molecule has 0 radical (unpaired) electrons. The van der Waals surface area contributed by atoms with E-state index in [-0.39, 0.29) is 175 Å². The minimum absolute atomic E-state index is 0.0574. The Kier molecular flexibility index (Phi) is 54.7. The Bertz CT molecular complexity index is 3610. The molecule has 3 fully saturated rings. The third-order valence-corrected chi connectivity index (χ3v) is 20.4. The van der Waals surface area contributed by atoms with Gasteiger partial charge in [-0.15, -0.1) is 12.3 Å². The van der Waals surface area contributed by atoms with Gasteiger partial charge in [0, 0.05) is 146 Å². The molecular weight excluding hydrogens is 1720 g/mol. The first-order chi connectivity index (χ1) is 60.6. The highest BCUT2D eigenvalue weighted by molar-refractivity contribution is 7.44. The van der Waals surface area contributed by atoms with Crippen LogP contribution >= 0.6 is 8.53 Å². The predicted octanol–water partition coefficient (Wildman–Crippen LogP) is -1.20. The van der Waals surface area contributed by atoms with Gasteiger partial charge in [0.15, 0.2) is 43.3 Å². The Morgan fingerprint density at radius 1 is 0.383 bits per heavy atom. The quantitative estimate of drug-likeness (QED) is 0.0116. The number of carbonyl (C=O) groups excluding carboxylic acids is 17. The van der Waals surface area contributed by atoms with Gasteiger partial charge in [-0.3, -0.25) is 76.7 Å². The van der Waals surface area contributed by atoms with Crippen LogP contribution in [0.3, 0.4) is 0 Å². The summed E-state index contributed by atoms with van der Waals surface area (Å²) < 4.78 is 116. The smallest absolute Gasteiger partial charge is 0.303 e. The summed E-state index contributed by atoms with van der Waals surface area (Å²) >= 11 is 0. The van der Waals surface area contributed by atoms with Crippen molar-refractivity contribution >= 4 is 109 Å². The number of hydrogen-bond donors (Lipinski definition) is 8. The van der Waals surface area contributed by atoms with E-state index >= 15 is 0 Å². The van der Waals surface area contributed by atoms with Crippen molar-refractivity contribution in [3.63, 3.8) is 0 Å². The molecule has 8 N–H and O–H groups in total. The molecular formula is C81H130N9O37P. The van der Waals surface area contributed by atoms with Crippen molar-refractivity contribution in [1.82, 2.24) is 47.2 Å². The number of amides is 8. The maximum Gasteiger partial charge on any atom is 0.303 e. The summed E-state index contributed by atoms with van der Waals surface area (Å²) in [6.07, 6.45) is -10.2. The number of esters is 8. The molecule has 46 nitrogen and oxygen atoms in total. The Morgan fingerprint density at radius 3 is 1.14 bits per heavy atom. The second-order valence-electron chi connectivity index (χ2n) is 30.0. The fourth-order valence-electron chi connectivity index (χ4n) is 13.3. The Morgan fingerprint density at radius 2 is 0.742 bits per heavy atom. The number of rotatable bonds is 61. The number of nitrogens with zero attached hydrogens (tertiary/aromatic N) is 1. The highest BCUT2D eigenvalue weighted by atomic mass is 31.2. The molecule has 0 aromatic carbocycles. The minimum Gasteiger partial charge on any atom is -0.463 e. The fourth-order valence-corrected chi connectivity index (χ4v) is 14.9. The zero-order chi connectivity index (χ0) is 95.5. The molecule has 3 heterocycles. The van der Waals surface area contributed by atoms with Crippen molar-refractivity contribution in [2.24, 2.45) is 5.92 Å². The summed E-state index contributed by atoms with van der Waals surface area (Å²) in [7, 11) is -1.54. The highest BCUT2D eigenvalue weighted by Gasteiger charge is 2.54. The molecule has 47 heteroatoms. The second kappa shape index (κ2) is 62.0. The molecule has 0 spiro atoms. The molecule has 3 saturated heterocycles. The lowest BCUT2D eigenvalue weighted by Gasteiger charge is -2.45. The van der Waals surface area contributed by atoms with Crippen LogP contribution in [0.5, 0.6) is 0 Å². The van der Waals surface area contributed by atoms with Crippen LogP contribution < -0.4 is 42.5 Å². The maximum absolute atomic E-state index is 14.1. The Balaban J connectivity index is 1.84.